The Hall–Kier alpha value is -2.61. The zero-order valence-corrected chi connectivity index (χ0v) is 14.7. The molecule has 0 saturated heterocycles. The quantitative estimate of drug-likeness (QED) is 0.377. The predicted octanol–water partition coefficient (Wildman–Crippen LogP) is 3.55. The number of aromatic hydroxyl groups is 1. The molecule has 0 aliphatic carbocycles. The smallest absolute Gasteiger partial charge is 0.275 e. The average molecular weight is 431 g/mol. The Kier molecular flexibility index (Phi) is 4.95. The van der Waals surface area contributed by atoms with Crippen molar-refractivity contribution in [3.8, 4) is 11.4 Å². The van der Waals surface area contributed by atoms with Crippen LogP contribution >= 0.6 is 22.6 Å². The summed E-state index contributed by atoms with van der Waals surface area (Å²) in [6.07, 6.45) is 3.49. The molecule has 1 amide bonds. The highest BCUT2D eigenvalue weighted by Gasteiger charge is 2.08. The van der Waals surface area contributed by atoms with Gasteiger partial charge < -0.3 is 9.67 Å². The molecule has 24 heavy (non-hydrogen) atoms. The number of nitrogens with zero attached hydrogens (tertiary/aromatic N) is 2. The van der Waals surface area contributed by atoms with Crippen molar-refractivity contribution in [1.82, 2.24) is 9.99 Å². The summed E-state index contributed by atoms with van der Waals surface area (Å²) in [5.74, 6) is -0.538. The summed E-state index contributed by atoms with van der Waals surface area (Å²) in [6.45, 7) is 0. The van der Waals surface area contributed by atoms with Crippen molar-refractivity contribution in [2.45, 2.75) is 0 Å². The van der Waals surface area contributed by atoms with Gasteiger partial charge in [-0.2, -0.15) is 5.10 Å². The highest BCUT2D eigenvalue weighted by Crippen LogP contribution is 2.15. The number of hydrogen-bond donors (Lipinski definition) is 2. The Labute approximate surface area is 152 Å². The van der Waals surface area contributed by atoms with Crippen molar-refractivity contribution in [2.24, 2.45) is 5.10 Å². The molecule has 0 bridgehead atoms. The molecule has 5 nitrogen and oxygen atoms in total. The van der Waals surface area contributed by atoms with Crippen LogP contribution in [0, 0.1) is 3.57 Å². The van der Waals surface area contributed by atoms with Crippen LogP contribution in [0.2, 0.25) is 0 Å². The third-order valence-corrected chi connectivity index (χ3v) is 4.12. The highest BCUT2D eigenvalue weighted by atomic mass is 127. The van der Waals surface area contributed by atoms with E-state index in [4.69, 9.17) is 0 Å². The van der Waals surface area contributed by atoms with E-state index in [0.29, 0.717) is 0 Å². The molecule has 0 spiro atoms. The Morgan fingerprint density at radius 2 is 1.83 bits per heavy atom. The summed E-state index contributed by atoms with van der Waals surface area (Å²) in [6, 6.07) is 18.2. The maximum Gasteiger partial charge on any atom is 0.275 e. The molecule has 0 aliphatic rings. The monoisotopic (exact) mass is 431 g/mol. The topological polar surface area (TPSA) is 66.6 Å². The predicted molar refractivity (Wildman–Crippen MR) is 102 cm³/mol. The van der Waals surface area contributed by atoms with Gasteiger partial charge in [-0.05, 0) is 71.1 Å². The van der Waals surface area contributed by atoms with E-state index in [9.17, 15) is 9.90 Å². The van der Waals surface area contributed by atoms with Gasteiger partial charge in [-0.1, -0.05) is 12.1 Å². The van der Waals surface area contributed by atoms with Gasteiger partial charge in [-0.15, -0.1) is 0 Å². The molecule has 2 N–H and O–H groups in total. The van der Waals surface area contributed by atoms with Crippen molar-refractivity contribution in [3.05, 3.63) is 81.7 Å². The minimum absolute atomic E-state index is 0.0764. The molecule has 1 aromatic heterocycles. The number of phenols is 1. The molecule has 3 rings (SSSR count). The summed E-state index contributed by atoms with van der Waals surface area (Å²) < 4.78 is 3.12. The number of halogens is 1. The van der Waals surface area contributed by atoms with Crippen LogP contribution in [-0.4, -0.2) is 21.8 Å². The van der Waals surface area contributed by atoms with E-state index in [1.807, 2.05) is 47.2 Å². The van der Waals surface area contributed by atoms with Crippen LogP contribution in [-0.2, 0) is 0 Å². The van der Waals surface area contributed by atoms with Crippen LogP contribution in [0.15, 0.2) is 72.0 Å². The van der Waals surface area contributed by atoms with E-state index in [0.717, 1.165) is 15.0 Å². The number of aromatic nitrogens is 1. The second-order valence-electron chi connectivity index (χ2n) is 5.00. The molecule has 0 radical (unpaired) electrons. The Morgan fingerprint density at radius 3 is 2.58 bits per heavy atom. The normalized spacial score (nSPS) is 10.9. The molecule has 0 saturated carbocycles. The molecule has 6 heteroatoms. The molecule has 2 aromatic carbocycles. The molecule has 0 aliphatic heterocycles. The van der Waals surface area contributed by atoms with Gasteiger partial charge in [0.25, 0.3) is 5.91 Å². The fourth-order valence-corrected chi connectivity index (χ4v) is 2.58. The summed E-state index contributed by atoms with van der Waals surface area (Å²) >= 11 is 2.26. The van der Waals surface area contributed by atoms with Crippen molar-refractivity contribution in [2.75, 3.05) is 0 Å². The molecule has 0 atom stereocenters. The third kappa shape index (κ3) is 3.65. The first-order valence-corrected chi connectivity index (χ1v) is 8.28. The average Bonchev–Trinajstić information content (AvgIpc) is 3.04. The number of carbonyl (C=O) groups excluding carboxylic acids is 1. The van der Waals surface area contributed by atoms with Gasteiger partial charge in [-0.25, -0.2) is 5.43 Å². The molecule has 3 aromatic rings. The van der Waals surface area contributed by atoms with E-state index < -0.39 is 5.91 Å². The maximum atomic E-state index is 12.0. The first-order valence-electron chi connectivity index (χ1n) is 7.20. The standard InChI is InChI=1S/C18H14IN3O2/c19-13-7-9-14(10-8-13)22-11-3-4-15(22)12-20-21-18(24)16-5-1-2-6-17(16)23/h1-12,23H,(H,21,24). The van der Waals surface area contributed by atoms with Crippen LogP contribution in [0.1, 0.15) is 16.1 Å². The number of rotatable bonds is 4. The van der Waals surface area contributed by atoms with E-state index >= 15 is 0 Å². The summed E-state index contributed by atoms with van der Waals surface area (Å²) in [5.41, 5.74) is 4.44. The number of carbonyl (C=O) groups is 1. The van der Waals surface area contributed by atoms with Crippen LogP contribution in [0.25, 0.3) is 5.69 Å². The zero-order chi connectivity index (χ0) is 16.9. The Bertz CT molecular complexity index is 885. The number of hydrogen-bond acceptors (Lipinski definition) is 3. The number of benzene rings is 2. The van der Waals surface area contributed by atoms with Gasteiger partial charge in [0, 0.05) is 15.5 Å². The molecule has 1 heterocycles. The Balaban J connectivity index is 1.74. The third-order valence-electron chi connectivity index (χ3n) is 3.40. The lowest BCUT2D eigenvalue weighted by molar-refractivity contribution is 0.0952. The zero-order valence-electron chi connectivity index (χ0n) is 12.6. The minimum atomic E-state index is -0.461. The van der Waals surface area contributed by atoms with Crippen LogP contribution in [0.3, 0.4) is 0 Å². The van der Waals surface area contributed by atoms with E-state index in [1.165, 1.54) is 12.1 Å². The van der Waals surface area contributed by atoms with Crippen molar-refractivity contribution in [1.29, 1.82) is 0 Å². The van der Waals surface area contributed by atoms with Gasteiger partial charge in [-0.3, -0.25) is 4.79 Å². The van der Waals surface area contributed by atoms with Gasteiger partial charge in [0.05, 0.1) is 17.5 Å². The second-order valence-corrected chi connectivity index (χ2v) is 6.24. The lowest BCUT2D eigenvalue weighted by atomic mass is 10.2. The van der Waals surface area contributed by atoms with Gasteiger partial charge in [0.15, 0.2) is 0 Å². The summed E-state index contributed by atoms with van der Waals surface area (Å²) in [7, 11) is 0. The fraction of sp³-hybridized carbons (Fsp3) is 0. The Morgan fingerprint density at radius 1 is 1.08 bits per heavy atom. The SMILES string of the molecule is O=C(NN=Cc1cccn1-c1ccc(I)cc1)c1ccccc1O. The van der Waals surface area contributed by atoms with E-state index in [1.54, 1.807) is 18.3 Å². The molecule has 0 unspecified atom stereocenters. The second kappa shape index (κ2) is 7.31. The van der Waals surface area contributed by atoms with Crippen LogP contribution in [0.4, 0.5) is 0 Å². The van der Waals surface area contributed by atoms with Crippen molar-refractivity contribution in [3.63, 3.8) is 0 Å². The number of para-hydroxylation sites is 1. The van der Waals surface area contributed by atoms with E-state index in [-0.39, 0.29) is 11.3 Å². The number of phenolic OH excluding ortho intramolecular Hbond substituents is 1. The minimum Gasteiger partial charge on any atom is -0.507 e. The number of hydrazone groups is 1. The summed E-state index contributed by atoms with van der Waals surface area (Å²) in [4.78, 5) is 12.0. The number of amides is 1. The maximum absolute atomic E-state index is 12.0. The molecular formula is C18H14IN3O2. The van der Waals surface area contributed by atoms with Crippen LogP contribution in [0.5, 0.6) is 5.75 Å². The lowest BCUT2D eigenvalue weighted by Gasteiger charge is -2.06. The van der Waals surface area contributed by atoms with Gasteiger partial charge in [0.1, 0.15) is 5.75 Å². The first kappa shape index (κ1) is 16.3. The number of nitrogens with one attached hydrogen (secondary N) is 1. The van der Waals surface area contributed by atoms with Gasteiger partial charge in [0.2, 0.25) is 0 Å². The van der Waals surface area contributed by atoms with Crippen molar-refractivity contribution >= 4 is 34.7 Å². The fourth-order valence-electron chi connectivity index (χ4n) is 2.22. The largest absolute Gasteiger partial charge is 0.507 e. The lowest BCUT2D eigenvalue weighted by Crippen LogP contribution is -2.17. The van der Waals surface area contributed by atoms with E-state index in [2.05, 4.69) is 33.1 Å². The highest BCUT2D eigenvalue weighted by molar-refractivity contribution is 14.1. The van der Waals surface area contributed by atoms with Gasteiger partial charge >= 0.3 is 0 Å². The molecule has 120 valence electrons. The molecular weight excluding hydrogens is 417 g/mol. The summed E-state index contributed by atoms with van der Waals surface area (Å²) in [5, 5.41) is 13.6. The molecule has 0 fully saturated rings. The van der Waals surface area contributed by atoms with Crippen LogP contribution < -0.4 is 5.43 Å². The first-order chi connectivity index (χ1) is 11.6. The van der Waals surface area contributed by atoms with Crippen molar-refractivity contribution < 1.29 is 9.90 Å².